The van der Waals surface area contributed by atoms with Gasteiger partial charge in [0.25, 0.3) is 11.8 Å². The van der Waals surface area contributed by atoms with Crippen molar-refractivity contribution in [3.8, 4) is 0 Å². The van der Waals surface area contributed by atoms with Crippen LogP contribution in [0, 0.1) is 0 Å². The molecule has 0 bridgehead atoms. The first-order valence-corrected chi connectivity index (χ1v) is 12.0. The second-order valence-electron chi connectivity index (χ2n) is 5.65. The quantitative estimate of drug-likeness (QED) is 0.0500. The molecule has 1 saturated heterocycles. The normalized spacial score (nSPS) is 18.2. The van der Waals surface area contributed by atoms with Gasteiger partial charge >= 0.3 is 59.1 Å². The minimum Gasteiger partial charge on any atom is -0.731 e. The molecule has 34 heavy (non-hydrogen) atoms. The summed E-state index contributed by atoms with van der Waals surface area (Å²) in [6.45, 7) is -1.22. The van der Waals surface area contributed by atoms with Crippen molar-refractivity contribution in [2.75, 3.05) is 24.9 Å². The van der Waals surface area contributed by atoms with Crippen LogP contribution in [0.5, 0.6) is 0 Å². The molecule has 0 radical (unpaired) electrons. The topological polar surface area (TPSA) is 237 Å². The van der Waals surface area contributed by atoms with Crippen LogP contribution in [0.25, 0.3) is 0 Å². The summed E-state index contributed by atoms with van der Waals surface area (Å²) in [5.74, 6) is -3.50. The zero-order valence-electron chi connectivity index (χ0n) is 17.6. The van der Waals surface area contributed by atoms with Crippen molar-refractivity contribution in [1.29, 1.82) is 0 Å². The number of rotatable bonds is 10. The Hall–Kier alpha value is -0.420. The molecule has 0 saturated carbocycles. The fourth-order valence-electron chi connectivity index (χ4n) is 2.37. The summed E-state index contributed by atoms with van der Waals surface area (Å²) in [5, 5.41) is 9.13. The van der Waals surface area contributed by atoms with Crippen LogP contribution in [0.4, 0.5) is 5.13 Å². The van der Waals surface area contributed by atoms with Gasteiger partial charge in [0.05, 0.1) is 6.61 Å². The molecular formula is C12H12ClN5Na2O11S3. The Morgan fingerprint density at radius 3 is 2.41 bits per heavy atom. The molecule has 0 aliphatic carbocycles. The van der Waals surface area contributed by atoms with Gasteiger partial charge in [-0.15, -0.1) is 22.9 Å². The van der Waals surface area contributed by atoms with Gasteiger partial charge in [-0.2, -0.15) is 0 Å². The second-order valence-corrected chi connectivity index (χ2v) is 9.07. The third-order valence-electron chi connectivity index (χ3n) is 3.59. The number of nitrogens with zero attached hydrogens (tertiary/aromatic N) is 3. The number of anilines is 1. The molecule has 2 heterocycles. The molecule has 1 aromatic heterocycles. The Labute approximate surface area is 246 Å². The van der Waals surface area contributed by atoms with E-state index >= 15 is 0 Å². The molecular weight excluding hydrogens is 568 g/mol. The fourth-order valence-corrected chi connectivity index (χ4v) is 4.30. The Bertz CT molecular complexity index is 1160. The fraction of sp³-hybridized carbons (Fsp3) is 0.417. The van der Waals surface area contributed by atoms with Crippen LogP contribution in [0.2, 0.25) is 0 Å². The van der Waals surface area contributed by atoms with Crippen LogP contribution in [0.1, 0.15) is 5.69 Å². The van der Waals surface area contributed by atoms with E-state index in [1.165, 1.54) is 5.38 Å². The molecule has 2 N–H and O–H groups in total. The van der Waals surface area contributed by atoms with E-state index in [0.29, 0.717) is 0 Å². The third-order valence-corrected chi connectivity index (χ3v) is 5.95. The number of alkyl halides is 1. The van der Waals surface area contributed by atoms with Crippen LogP contribution in [-0.2, 0) is 44.1 Å². The average Bonchev–Trinajstić information content (AvgIpc) is 3.12. The third kappa shape index (κ3) is 8.91. The standard InChI is InChI=1S/C12H14ClN5O11S3.2Na/c1-28-17-8(5-4-30-12(14-5)15-7(19)2-13)10(20)16-9-6(3-29-32(25,26)27)18(11(9)21)31(22,23)24;;/h4,6,9H,2-3H2,1H3,(H,16,20)(H,14,15,19)(H,22,23,24)(H,25,26,27);;/q;2*+1/p-2. The molecule has 2 rings (SSSR count). The van der Waals surface area contributed by atoms with Gasteiger partial charge in [0.2, 0.25) is 16.3 Å². The first kappa shape index (κ1) is 33.6. The summed E-state index contributed by atoms with van der Waals surface area (Å²) < 4.78 is 69.2. The van der Waals surface area contributed by atoms with Gasteiger partial charge < -0.3 is 24.6 Å². The van der Waals surface area contributed by atoms with Crippen molar-refractivity contribution < 1.29 is 108 Å². The van der Waals surface area contributed by atoms with Gasteiger partial charge in [0, 0.05) is 5.38 Å². The molecule has 2 atom stereocenters. The maximum atomic E-state index is 12.6. The first-order valence-electron chi connectivity index (χ1n) is 7.91. The zero-order valence-corrected chi connectivity index (χ0v) is 24.8. The van der Waals surface area contributed by atoms with Gasteiger partial charge in [-0.3, -0.25) is 18.6 Å². The number of carbonyl (C=O) groups excluding carboxylic acids is 3. The molecule has 1 fully saturated rings. The minimum absolute atomic E-state index is 0. The molecule has 0 aromatic carbocycles. The van der Waals surface area contributed by atoms with Crippen molar-refractivity contribution in [2.45, 2.75) is 12.1 Å². The van der Waals surface area contributed by atoms with Crippen molar-refractivity contribution >= 4 is 72.2 Å². The number of hydrogen-bond donors (Lipinski definition) is 2. The van der Waals surface area contributed by atoms with Crippen LogP contribution in [0.15, 0.2) is 10.5 Å². The second kappa shape index (κ2) is 13.8. The number of amides is 3. The number of thiazole rings is 1. The number of β-lactam (4-membered cyclic amide) rings is 1. The predicted octanol–water partition coefficient (Wildman–Crippen LogP) is -8.69. The molecule has 22 heteroatoms. The molecule has 1 aliphatic heterocycles. The van der Waals surface area contributed by atoms with E-state index in [9.17, 15) is 40.3 Å². The van der Waals surface area contributed by atoms with Crippen LogP contribution in [0.3, 0.4) is 0 Å². The number of aromatic nitrogens is 1. The summed E-state index contributed by atoms with van der Waals surface area (Å²) in [4.78, 5) is 44.4. The average molecular weight is 580 g/mol. The number of oxime groups is 1. The molecule has 16 nitrogen and oxygen atoms in total. The monoisotopic (exact) mass is 579 g/mol. The molecule has 1 aromatic rings. The Morgan fingerprint density at radius 2 is 1.91 bits per heavy atom. The van der Waals surface area contributed by atoms with Crippen molar-refractivity contribution in [3.63, 3.8) is 0 Å². The molecule has 2 unspecified atom stereocenters. The minimum atomic E-state index is -5.41. The van der Waals surface area contributed by atoms with E-state index in [0.717, 1.165) is 18.4 Å². The van der Waals surface area contributed by atoms with Crippen molar-refractivity contribution in [3.05, 3.63) is 11.1 Å². The molecule has 0 spiro atoms. The molecule has 178 valence electrons. The van der Waals surface area contributed by atoms with Gasteiger partial charge in [0.15, 0.2) is 21.1 Å². The zero-order chi connectivity index (χ0) is 24.3. The Balaban J connectivity index is 0.00000544. The maximum Gasteiger partial charge on any atom is 1.00 e. The molecule has 3 amide bonds. The van der Waals surface area contributed by atoms with Gasteiger partial charge in [-0.1, -0.05) is 5.16 Å². The van der Waals surface area contributed by atoms with E-state index in [1.807, 2.05) is 5.32 Å². The summed E-state index contributed by atoms with van der Waals surface area (Å²) >= 11 is 6.25. The summed E-state index contributed by atoms with van der Waals surface area (Å²) in [7, 11) is -9.63. The van der Waals surface area contributed by atoms with Crippen molar-refractivity contribution in [1.82, 2.24) is 14.6 Å². The van der Waals surface area contributed by atoms with E-state index in [2.05, 4.69) is 24.5 Å². The Morgan fingerprint density at radius 1 is 1.29 bits per heavy atom. The van der Waals surface area contributed by atoms with Crippen LogP contribution in [-0.4, -0.2) is 90.3 Å². The predicted molar refractivity (Wildman–Crippen MR) is 103 cm³/mol. The van der Waals surface area contributed by atoms with Crippen LogP contribution < -0.4 is 69.7 Å². The van der Waals surface area contributed by atoms with E-state index in [1.54, 1.807) is 0 Å². The number of carbonyl (C=O) groups is 3. The number of hydrogen-bond acceptors (Lipinski definition) is 14. The van der Waals surface area contributed by atoms with Gasteiger partial charge in [-0.25, -0.2) is 26.1 Å². The van der Waals surface area contributed by atoms with Crippen LogP contribution >= 0.6 is 22.9 Å². The largest absolute Gasteiger partial charge is 1.00 e. The number of nitrogens with one attached hydrogen (secondary N) is 2. The van der Waals surface area contributed by atoms with Crippen molar-refractivity contribution in [2.24, 2.45) is 5.16 Å². The number of halogens is 1. The summed E-state index contributed by atoms with van der Waals surface area (Å²) in [5.41, 5.74) is -0.656. The SMILES string of the molecule is CON=C(C(=O)NC1C(=O)N(S(=O)(=O)[O-])C1COS(=O)(=O)[O-])c1csc(NC(=O)CCl)n1.[Na+].[Na+]. The Kier molecular flexibility index (Phi) is 13.6. The molecule has 1 aliphatic rings. The van der Waals surface area contributed by atoms with Gasteiger partial charge in [0.1, 0.15) is 30.8 Å². The smallest absolute Gasteiger partial charge is 0.731 e. The van der Waals surface area contributed by atoms with E-state index in [4.69, 9.17) is 11.6 Å². The van der Waals surface area contributed by atoms with E-state index in [-0.39, 0.29) is 80.1 Å². The summed E-state index contributed by atoms with van der Waals surface area (Å²) in [6.07, 6.45) is 0. The van der Waals surface area contributed by atoms with E-state index < -0.39 is 62.8 Å². The summed E-state index contributed by atoms with van der Waals surface area (Å²) in [6, 6.07) is -3.58. The first-order chi connectivity index (χ1) is 14.8. The van der Waals surface area contributed by atoms with Gasteiger partial charge in [-0.05, 0) is 0 Å². The maximum absolute atomic E-state index is 12.6.